The van der Waals surface area contributed by atoms with E-state index in [9.17, 15) is 14.7 Å². The lowest BCUT2D eigenvalue weighted by Crippen LogP contribution is -2.29. The quantitative estimate of drug-likeness (QED) is 0.0322. The number of halogens is 1. The molecule has 1 aromatic heterocycles. The van der Waals surface area contributed by atoms with Crippen LogP contribution in [0.3, 0.4) is 0 Å². The van der Waals surface area contributed by atoms with E-state index in [0.717, 1.165) is 29.5 Å². The number of amides is 1. The van der Waals surface area contributed by atoms with Crippen LogP contribution in [0, 0.1) is 6.92 Å². The molecule has 49 heavy (non-hydrogen) atoms. The van der Waals surface area contributed by atoms with Gasteiger partial charge in [-0.2, -0.15) is 0 Å². The summed E-state index contributed by atoms with van der Waals surface area (Å²) in [6.07, 6.45) is 1.93. The van der Waals surface area contributed by atoms with E-state index in [1.807, 2.05) is 49.4 Å². The lowest BCUT2D eigenvalue weighted by Gasteiger charge is -2.22. The molecule has 1 atom stereocenters. The van der Waals surface area contributed by atoms with E-state index in [1.165, 1.54) is 28.0 Å². The molecule has 1 aliphatic heterocycles. The molecule has 2 heterocycles. The first-order valence-electron chi connectivity index (χ1n) is 15.8. The number of unbranched alkanes of at least 4 members (excludes halogenated alkanes) is 1. The average molecular weight is 712 g/mol. The predicted octanol–water partition coefficient (Wildman–Crippen LogP) is 9.18. The number of thioether (sulfide) groups is 1. The maximum atomic E-state index is 13.7. The highest BCUT2D eigenvalue weighted by Gasteiger charge is 2.48. The molecule has 4 aromatic carbocycles. The van der Waals surface area contributed by atoms with Crippen molar-refractivity contribution in [2.24, 2.45) is 0 Å². The van der Waals surface area contributed by atoms with E-state index in [1.54, 1.807) is 48.5 Å². The van der Waals surface area contributed by atoms with Crippen LogP contribution in [-0.2, 0) is 21.9 Å². The molecule has 6 rings (SSSR count). The summed E-state index contributed by atoms with van der Waals surface area (Å²) < 4.78 is 12.4. The number of ketones is 1. The van der Waals surface area contributed by atoms with Gasteiger partial charge in [-0.1, -0.05) is 108 Å². The Bertz CT molecular complexity index is 1980. The molecule has 1 unspecified atom stereocenters. The number of ether oxygens (including phenoxy) is 2. The molecule has 5 aromatic rings. The number of rotatable bonds is 13. The molecule has 8 nitrogen and oxygen atoms in total. The Kier molecular flexibility index (Phi) is 11.0. The second kappa shape index (κ2) is 15.7. The number of carbonyl (C=O) groups excluding carboxylic acids is 2. The van der Waals surface area contributed by atoms with E-state index in [4.69, 9.17) is 21.1 Å². The third kappa shape index (κ3) is 7.99. The van der Waals surface area contributed by atoms with Crippen molar-refractivity contribution in [1.29, 1.82) is 0 Å². The zero-order chi connectivity index (χ0) is 34.3. The normalized spacial score (nSPS) is 15.5. The zero-order valence-electron chi connectivity index (χ0n) is 27.0. The minimum absolute atomic E-state index is 0.0430. The van der Waals surface area contributed by atoms with E-state index < -0.39 is 17.7 Å². The van der Waals surface area contributed by atoms with Gasteiger partial charge in [-0.25, -0.2) is 0 Å². The summed E-state index contributed by atoms with van der Waals surface area (Å²) in [5.74, 6) is -0.0790. The predicted molar refractivity (Wildman–Crippen MR) is 195 cm³/mol. The molecule has 0 bridgehead atoms. The standard InChI is InChI=1S/C38H34ClN3O5S2/c1-3-4-20-46-29-16-12-26(13-17-29)33-32(34(43)27-14-18-30(19-15-27)47-22-25-9-7-8-24(2)21-25)35(44)36(45)42(33)37-40-41-38(49-37)48-23-28-10-5-6-11-31(28)39/h5-19,21,33,43H,3-4,20,22-23H2,1-2H3. The van der Waals surface area contributed by atoms with E-state index in [0.29, 0.717) is 51.0 Å². The van der Waals surface area contributed by atoms with Crippen LogP contribution in [0.25, 0.3) is 5.76 Å². The molecule has 0 saturated carbocycles. The molecule has 1 fully saturated rings. The van der Waals surface area contributed by atoms with Crippen LogP contribution < -0.4 is 14.4 Å². The minimum Gasteiger partial charge on any atom is -0.507 e. The SMILES string of the molecule is CCCCOc1ccc(C2C(=C(O)c3ccc(OCc4cccc(C)c4)cc3)C(=O)C(=O)N2c2nnc(SCc3ccccc3Cl)s2)cc1. The molecule has 0 aliphatic carbocycles. The summed E-state index contributed by atoms with van der Waals surface area (Å²) in [6.45, 7) is 5.09. The number of anilines is 1. The maximum absolute atomic E-state index is 13.7. The Labute approximate surface area is 298 Å². The fourth-order valence-electron chi connectivity index (χ4n) is 5.37. The number of aliphatic hydroxyl groups excluding tert-OH is 1. The molecule has 11 heteroatoms. The van der Waals surface area contributed by atoms with Crippen LogP contribution in [0.2, 0.25) is 5.02 Å². The van der Waals surface area contributed by atoms with Crippen molar-refractivity contribution >= 4 is 57.3 Å². The number of aromatic nitrogens is 2. The van der Waals surface area contributed by atoms with Crippen molar-refractivity contribution in [3.8, 4) is 11.5 Å². The molecule has 1 amide bonds. The molecule has 1 aliphatic rings. The van der Waals surface area contributed by atoms with E-state index in [-0.39, 0.29) is 16.5 Å². The number of aliphatic hydroxyl groups is 1. The fraction of sp³-hybridized carbons (Fsp3) is 0.211. The lowest BCUT2D eigenvalue weighted by atomic mass is 9.95. The highest BCUT2D eigenvalue weighted by Crippen LogP contribution is 2.44. The average Bonchev–Trinajstić information content (AvgIpc) is 3.69. The van der Waals surface area contributed by atoms with Gasteiger partial charge in [-0.3, -0.25) is 14.5 Å². The van der Waals surface area contributed by atoms with Crippen LogP contribution in [0.4, 0.5) is 5.13 Å². The van der Waals surface area contributed by atoms with Gasteiger partial charge in [0.05, 0.1) is 18.2 Å². The van der Waals surface area contributed by atoms with Crippen LogP contribution in [0.15, 0.2) is 107 Å². The Morgan fingerprint density at radius 2 is 1.67 bits per heavy atom. The Morgan fingerprint density at radius 3 is 2.41 bits per heavy atom. The second-order valence-corrected chi connectivity index (χ2v) is 14.1. The maximum Gasteiger partial charge on any atom is 0.301 e. The molecule has 0 radical (unpaired) electrons. The minimum atomic E-state index is -0.948. The van der Waals surface area contributed by atoms with Gasteiger partial charge in [-0.15, -0.1) is 10.2 Å². The van der Waals surface area contributed by atoms with Crippen LogP contribution in [-0.4, -0.2) is 33.6 Å². The first kappa shape index (κ1) is 34.2. The van der Waals surface area contributed by atoms with Gasteiger partial charge in [0.15, 0.2) is 4.34 Å². The van der Waals surface area contributed by atoms with Crippen molar-refractivity contribution in [2.45, 2.75) is 49.4 Å². The van der Waals surface area contributed by atoms with E-state index >= 15 is 0 Å². The van der Waals surface area contributed by atoms with Crippen LogP contribution in [0.5, 0.6) is 11.5 Å². The second-order valence-electron chi connectivity index (χ2n) is 11.5. The Hall–Kier alpha value is -4.64. The van der Waals surface area contributed by atoms with Crippen molar-refractivity contribution in [3.05, 3.63) is 135 Å². The Balaban J connectivity index is 1.30. The lowest BCUT2D eigenvalue weighted by molar-refractivity contribution is -0.132. The van der Waals surface area contributed by atoms with E-state index in [2.05, 4.69) is 23.2 Å². The highest BCUT2D eigenvalue weighted by molar-refractivity contribution is 8.00. The first-order chi connectivity index (χ1) is 23.8. The summed E-state index contributed by atoms with van der Waals surface area (Å²) in [7, 11) is 0. The third-order valence-electron chi connectivity index (χ3n) is 7.93. The Morgan fingerprint density at radius 1 is 0.939 bits per heavy atom. The van der Waals surface area contributed by atoms with Crippen molar-refractivity contribution in [1.82, 2.24) is 10.2 Å². The van der Waals surface area contributed by atoms with Gasteiger partial charge >= 0.3 is 5.91 Å². The number of hydrogen-bond acceptors (Lipinski definition) is 9. The summed E-state index contributed by atoms with van der Waals surface area (Å²) in [5, 5.41) is 21.1. The molecular weight excluding hydrogens is 678 g/mol. The van der Waals surface area contributed by atoms with Crippen molar-refractivity contribution in [3.63, 3.8) is 0 Å². The molecule has 0 spiro atoms. The van der Waals surface area contributed by atoms with Crippen LogP contribution in [0.1, 0.15) is 53.6 Å². The fourth-order valence-corrected chi connectivity index (χ4v) is 7.53. The monoisotopic (exact) mass is 711 g/mol. The number of Topliss-reactive ketones (excluding diaryl/α,β-unsaturated/α-hetero) is 1. The molecule has 250 valence electrons. The topological polar surface area (TPSA) is 102 Å². The highest BCUT2D eigenvalue weighted by atomic mass is 35.5. The number of hydrogen-bond donors (Lipinski definition) is 1. The van der Waals surface area contributed by atoms with Gasteiger partial charge in [-0.05, 0) is 72.5 Å². The van der Waals surface area contributed by atoms with Gasteiger partial charge in [0.2, 0.25) is 5.13 Å². The number of carbonyl (C=O) groups is 2. The van der Waals surface area contributed by atoms with Gasteiger partial charge in [0.1, 0.15) is 23.9 Å². The van der Waals surface area contributed by atoms with Gasteiger partial charge in [0, 0.05) is 16.3 Å². The van der Waals surface area contributed by atoms with Gasteiger partial charge in [0.25, 0.3) is 5.78 Å². The summed E-state index contributed by atoms with van der Waals surface area (Å²) in [5.41, 5.74) is 4.07. The van der Waals surface area contributed by atoms with Gasteiger partial charge < -0.3 is 14.6 Å². The largest absolute Gasteiger partial charge is 0.507 e. The number of nitrogens with zero attached hydrogens (tertiary/aromatic N) is 3. The smallest absolute Gasteiger partial charge is 0.301 e. The van der Waals surface area contributed by atoms with Crippen LogP contribution >= 0.6 is 34.7 Å². The summed E-state index contributed by atoms with van der Waals surface area (Å²) >= 11 is 8.97. The summed E-state index contributed by atoms with van der Waals surface area (Å²) in [4.78, 5) is 28.7. The number of aryl methyl sites for hydroxylation is 1. The summed E-state index contributed by atoms with van der Waals surface area (Å²) in [6, 6.07) is 28.7. The zero-order valence-corrected chi connectivity index (χ0v) is 29.4. The van der Waals surface area contributed by atoms with Crippen molar-refractivity contribution in [2.75, 3.05) is 11.5 Å². The van der Waals surface area contributed by atoms with Crippen molar-refractivity contribution < 1.29 is 24.2 Å². The molecule has 1 N–H and O–H groups in total. The molecular formula is C38H34ClN3O5S2. The molecule has 1 saturated heterocycles. The first-order valence-corrected chi connectivity index (χ1v) is 18.0. The number of benzene rings is 4. The third-order valence-corrected chi connectivity index (χ3v) is 10.4.